The van der Waals surface area contributed by atoms with E-state index in [1.165, 1.54) is 100 Å². The number of hydrogen-bond acceptors (Lipinski definition) is 3. The quantitative estimate of drug-likeness (QED) is 0.109. The monoisotopic (exact) mass is 556 g/mol. The Kier molecular flexibility index (Phi) is 13.2. The highest BCUT2D eigenvalue weighted by atomic mass is 79.9. The number of thioether (sulfide) groups is 1. The summed E-state index contributed by atoms with van der Waals surface area (Å²) in [7, 11) is 1.20. The summed E-state index contributed by atoms with van der Waals surface area (Å²) in [6.45, 7) is 6.45. The molecule has 0 aromatic carbocycles. The van der Waals surface area contributed by atoms with E-state index in [0.29, 0.717) is 34.4 Å². The molecule has 0 aromatic heterocycles. The van der Waals surface area contributed by atoms with E-state index < -0.39 is 0 Å². The average Bonchev–Trinajstić information content (AvgIpc) is 3.13. The summed E-state index contributed by atoms with van der Waals surface area (Å²) in [6.07, 6.45) is 24.2. The van der Waals surface area contributed by atoms with Crippen molar-refractivity contribution in [1.82, 2.24) is 0 Å². The summed E-state index contributed by atoms with van der Waals surface area (Å²) in [5.74, 6) is 1.32. The Bertz CT molecular complexity index is 573. The SMILES string of the molecule is CCCCCCCCOC1CC2C(=CC1[SiH3])SC1=CC(Br)C(OCCCCCCCC)CC12. The van der Waals surface area contributed by atoms with Crippen molar-refractivity contribution in [2.45, 2.75) is 126 Å². The van der Waals surface area contributed by atoms with Crippen molar-refractivity contribution in [3.8, 4) is 0 Å². The molecule has 0 radical (unpaired) electrons. The van der Waals surface area contributed by atoms with Gasteiger partial charge in [-0.3, -0.25) is 0 Å². The van der Waals surface area contributed by atoms with Gasteiger partial charge in [-0.25, -0.2) is 0 Å². The number of rotatable bonds is 16. The Morgan fingerprint density at radius 2 is 1.24 bits per heavy atom. The second-order valence-electron chi connectivity index (χ2n) is 10.6. The molecule has 6 unspecified atom stereocenters. The van der Waals surface area contributed by atoms with Crippen molar-refractivity contribution in [3.05, 3.63) is 22.0 Å². The van der Waals surface area contributed by atoms with Crippen molar-refractivity contribution in [1.29, 1.82) is 0 Å². The molecule has 3 aliphatic rings. The predicted molar refractivity (Wildman–Crippen MR) is 153 cm³/mol. The molecule has 0 spiro atoms. The highest BCUT2D eigenvalue weighted by Crippen LogP contribution is 2.58. The molecule has 1 aliphatic heterocycles. The molecule has 1 heterocycles. The number of unbranched alkanes of at least 4 members (excludes halogenated alkanes) is 10. The number of alkyl halides is 1. The van der Waals surface area contributed by atoms with Crippen LogP contribution >= 0.6 is 27.7 Å². The maximum atomic E-state index is 6.48. The van der Waals surface area contributed by atoms with Crippen LogP contribution in [0.15, 0.2) is 22.0 Å². The largest absolute Gasteiger partial charge is 0.378 e. The topological polar surface area (TPSA) is 18.5 Å². The van der Waals surface area contributed by atoms with Crippen LogP contribution in [0.1, 0.15) is 104 Å². The number of allylic oxidation sites excluding steroid dienone is 2. The van der Waals surface area contributed by atoms with Crippen molar-refractivity contribution in [2.75, 3.05) is 13.2 Å². The molecular formula is C28H49BrO2SSi. The first kappa shape index (κ1) is 28.0. The maximum Gasteiger partial charge on any atom is 0.0741 e. The van der Waals surface area contributed by atoms with Gasteiger partial charge in [-0.2, -0.15) is 0 Å². The Labute approximate surface area is 220 Å². The van der Waals surface area contributed by atoms with E-state index in [1.807, 2.05) is 0 Å². The highest BCUT2D eigenvalue weighted by molar-refractivity contribution is 9.09. The first-order valence-electron chi connectivity index (χ1n) is 14.1. The van der Waals surface area contributed by atoms with E-state index >= 15 is 0 Å². The summed E-state index contributed by atoms with van der Waals surface area (Å²) in [5.41, 5.74) is 0.670. The van der Waals surface area contributed by atoms with Gasteiger partial charge in [0.05, 0.1) is 17.0 Å². The molecule has 1 fully saturated rings. The Balaban J connectivity index is 1.42. The molecular weight excluding hydrogens is 508 g/mol. The minimum Gasteiger partial charge on any atom is -0.378 e. The number of ether oxygens (including phenoxy) is 2. The van der Waals surface area contributed by atoms with Gasteiger partial charge in [-0.1, -0.05) is 118 Å². The first-order valence-corrected chi connectivity index (χ1v) is 17.0. The molecule has 0 aromatic rings. The van der Waals surface area contributed by atoms with Crippen LogP contribution in [0.4, 0.5) is 0 Å². The van der Waals surface area contributed by atoms with Gasteiger partial charge < -0.3 is 9.47 Å². The molecule has 6 atom stereocenters. The fraction of sp³-hybridized carbons (Fsp3) is 0.857. The number of fused-ring (bicyclic) bond motifs is 3. The van der Waals surface area contributed by atoms with E-state index in [2.05, 4.69) is 53.7 Å². The molecule has 1 saturated heterocycles. The molecule has 2 nitrogen and oxygen atoms in total. The van der Waals surface area contributed by atoms with Crippen LogP contribution < -0.4 is 0 Å². The fourth-order valence-corrected chi connectivity index (χ4v) is 9.14. The third-order valence-corrected chi connectivity index (χ3v) is 11.1. The van der Waals surface area contributed by atoms with Crippen LogP contribution in [0.2, 0.25) is 5.54 Å². The maximum absolute atomic E-state index is 6.48. The van der Waals surface area contributed by atoms with Crippen LogP contribution in [-0.2, 0) is 9.47 Å². The van der Waals surface area contributed by atoms with Gasteiger partial charge in [0, 0.05) is 23.5 Å². The lowest BCUT2D eigenvalue weighted by Crippen LogP contribution is -2.35. The van der Waals surface area contributed by atoms with Gasteiger partial charge in [0.1, 0.15) is 0 Å². The standard InChI is InChI=1S/C28H49BrO2SSi/c1-3-5-7-9-11-13-15-30-24-17-21-22-18-25(31-16-14-12-10-8-6-4-2)28(33)20-27(22)32-26(21)19-23(24)29/h19-25,28H,3-18H2,1-2,33H3. The molecule has 3 rings (SSSR count). The first-order chi connectivity index (χ1) is 16.1. The highest BCUT2D eigenvalue weighted by Gasteiger charge is 2.45. The van der Waals surface area contributed by atoms with Gasteiger partial charge in [0.25, 0.3) is 0 Å². The molecule has 33 heavy (non-hydrogen) atoms. The van der Waals surface area contributed by atoms with Gasteiger partial charge in [0.2, 0.25) is 0 Å². The lowest BCUT2D eigenvalue weighted by molar-refractivity contribution is 0.0171. The van der Waals surface area contributed by atoms with E-state index in [0.717, 1.165) is 13.2 Å². The third-order valence-electron chi connectivity index (χ3n) is 7.78. The van der Waals surface area contributed by atoms with Gasteiger partial charge in [-0.15, -0.1) is 0 Å². The molecule has 0 amide bonds. The van der Waals surface area contributed by atoms with Gasteiger partial charge in [-0.05, 0) is 52.9 Å². The van der Waals surface area contributed by atoms with E-state index in [4.69, 9.17) is 9.47 Å². The van der Waals surface area contributed by atoms with Gasteiger partial charge in [0.15, 0.2) is 0 Å². The normalized spacial score (nSPS) is 31.2. The average molecular weight is 558 g/mol. The Morgan fingerprint density at radius 3 is 1.85 bits per heavy atom. The van der Waals surface area contributed by atoms with E-state index in [1.54, 1.807) is 9.81 Å². The predicted octanol–water partition coefficient (Wildman–Crippen LogP) is 7.95. The van der Waals surface area contributed by atoms with E-state index in [-0.39, 0.29) is 0 Å². The molecule has 190 valence electrons. The lowest BCUT2D eigenvalue weighted by Gasteiger charge is -2.36. The van der Waals surface area contributed by atoms with Crippen molar-refractivity contribution in [3.63, 3.8) is 0 Å². The molecule has 2 aliphatic carbocycles. The summed E-state index contributed by atoms with van der Waals surface area (Å²) in [6, 6.07) is 0. The summed E-state index contributed by atoms with van der Waals surface area (Å²) < 4.78 is 12.9. The van der Waals surface area contributed by atoms with Crippen LogP contribution in [0.5, 0.6) is 0 Å². The van der Waals surface area contributed by atoms with Crippen LogP contribution in [-0.4, -0.2) is 40.5 Å². The molecule has 0 N–H and O–H groups in total. The van der Waals surface area contributed by atoms with Crippen molar-refractivity contribution < 1.29 is 9.47 Å². The molecule has 5 heteroatoms. The number of halogens is 1. The van der Waals surface area contributed by atoms with Crippen LogP contribution in [0.3, 0.4) is 0 Å². The zero-order valence-corrected chi connectivity index (χ0v) is 25.9. The van der Waals surface area contributed by atoms with Crippen LogP contribution in [0, 0.1) is 11.8 Å². The Morgan fingerprint density at radius 1 is 0.758 bits per heavy atom. The summed E-state index contributed by atoms with van der Waals surface area (Å²) in [4.78, 5) is 3.60. The van der Waals surface area contributed by atoms with E-state index in [9.17, 15) is 0 Å². The van der Waals surface area contributed by atoms with Crippen molar-refractivity contribution in [2.24, 2.45) is 11.8 Å². The zero-order chi connectivity index (χ0) is 23.5. The Hall–Kier alpha value is 0.447. The lowest BCUT2D eigenvalue weighted by atomic mass is 9.77. The van der Waals surface area contributed by atoms with Crippen molar-refractivity contribution >= 4 is 37.9 Å². The number of hydrogen-bond donors (Lipinski definition) is 0. The van der Waals surface area contributed by atoms with Crippen LogP contribution in [0.25, 0.3) is 0 Å². The molecule has 0 bridgehead atoms. The third kappa shape index (κ3) is 8.81. The second-order valence-corrected chi connectivity index (χ2v) is 14.1. The molecule has 0 saturated carbocycles. The second kappa shape index (κ2) is 15.5. The fourth-order valence-electron chi connectivity index (χ4n) is 5.65. The minimum atomic E-state index is 0.325. The summed E-state index contributed by atoms with van der Waals surface area (Å²) >= 11 is 6.00. The zero-order valence-electron chi connectivity index (χ0n) is 21.5. The minimum absolute atomic E-state index is 0.325. The summed E-state index contributed by atoms with van der Waals surface area (Å²) in [5, 5.41) is 0. The smallest absolute Gasteiger partial charge is 0.0741 e. The van der Waals surface area contributed by atoms with Gasteiger partial charge >= 0.3 is 0 Å².